The Morgan fingerprint density at radius 3 is 2.43 bits per heavy atom. The number of para-hydroxylation sites is 1. The van der Waals surface area contributed by atoms with Crippen molar-refractivity contribution in [1.29, 1.82) is 0 Å². The van der Waals surface area contributed by atoms with Crippen molar-refractivity contribution >= 4 is 29.1 Å². The standard InChI is InChI=1S/C30H38N4O8/c1-16-23-24(42-33-16)22(14-19(31-23)18-11-9-10-12-21(18)39-8)40-17-13-20(27(36)37)34(15-17)26(35)25(29(2,3)4)32-28(38)41-30(5,6)7/h9-12,14,17,20,25H,13,15H2,1-8H3,(H,32,38)(H,36,37). The molecule has 0 aliphatic carbocycles. The number of alkyl carbamates (subject to hydrolysis) is 1. The van der Waals surface area contributed by atoms with E-state index < -0.39 is 47.2 Å². The number of amides is 2. The van der Waals surface area contributed by atoms with Gasteiger partial charge >= 0.3 is 12.1 Å². The van der Waals surface area contributed by atoms with Gasteiger partial charge in [-0.05, 0) is 45.2 Å². The summed E-state index contributed by atoms with van der Waals surface area (Å²) < 4.78 is 22.7. The van der Waals surface area contributed by atoms with Gasteiger partial charge in [-0.15, -0.1) is 0 Å². The first-order chi connectivity index (χ1) is 19.6. The maximum Gasteiger partial charge on any atom is 0.408 e. The van der Waals surface area contributed by atoms with E-state index in [1.54, 1.807) is 61.6 Å². The van der Waals surface area contributed by atoms with E-state index in [1.165, 1.54) is 4.90 Å². The van der Waals surface area contributed by atoms with Crippen LogP contribution >= 0.6 is 0 Å². The van der Waals surface area contributed by atoms with E-state index >= 15 is 0 Å². The van der Waals surface area contributed by atoms with E-state index in [0.29, 0.717) is 34.0 Å². The second kappa shape index (κ2) is 11.5. The maximum absolute atomic E-state index is 13.8. The summed E-state index contributed by atoms with van der Waals surface area (Å²) in [6, 6.07) is 6.86. The van der Waals surface area contributed by atoms with Crippen LogP contribution in [-0.4, -0.2) is 75.6 Å². The van der Waals surface area contributed by atoms with Crippen molar-refractivity contribution in [2.75, 3.05) is 13.7 Å². The van der Waals surface area contributed by atoms with Crippen LogP contribution in [0.3, 0.4) is 0 Å². The molecule has 3 aromatic rings. The molecule has 1 aliphatic heterocycles. The third-order valence-corrected chi connectivity index (χ3v) is 6.84. The van der Waals surface area contributed by atoms with E-state index in [4.69, 9.17) is 23.7 Å². The number of aliphatic carboxylic acids is 1. The summed E-state index contributed by atoms with van der Waals surface area (Å²) in [7, 11) is 1.57. The summed E-state index contributed by atoms with van der Waals surface area (Å²) in [4.78, 5) is 44.7. The van der Waals surface area contributed by atoms with Crippen molar-refractivity contribution in [3.63, 3.8) is 0 Å². The van der Waals surface area contributed by atoms with E-state index in [-0.39, 0.29) is 13.0 Å². The van der Waals surface area contributed by atoms with Crippen LogP contribution in [0.2, 0.25) is 0 Å². The Hall–Kier alpha value is -4.35. The highest BCUT2D eigenvalue weighted by atomic mass is 16.6. The maximum atomic E-state index is 13.8. The van der Waals surface area contributed by atoms with Crippen molar-refractivity contribution < 1.29 is 38.2 Å². The first kappa shape index (κ1) is 30.6. The summed E-state index contributed by atoms with van der Waals surface area (Å²) >= 11 is 0. The Bertz CT molecular complexity index is 1490. The number of nitrogens with zero attached hydrogens (tertiary/aromatic N) is 3. The fraction of sp³-hybridized carbons (Fsp3) is 0.500. The molecule has 12 heteroatoms. The lowest BCUT2D eigenvalue weighted by Gasteiger charge is -2.35. The second-order valence-electron chi connectivity index (χ2n) is 12.4. The Labute approximate surface area is 244 Å². The number of carboxylic acids is 1. The Balaban J connectivity index is 1.64. The minimum atomic E-state index is -1.18. The van der Waals surface area contributed by atoms with Gasteiger partial charge in [0.25, 0.3) is 0 Å². The topological polar surface area (TPSA) is 153 Å². The molecule has 42 heavy (non-hydrogen) atoms. The molecule has 3 heterocycles. The van der Waals surface area contributed by atoms with Crippen LogP contribution in [0.5, 0.6) is 11.5 Å². The lowest BCUT2D eigenvalue weighted by Crippen LogP contribution is -2.57. The molecule has 1 fully saturated rings. The molecule has 12 nitrogen and oxygen atoms in total. The van der Waals surface area contributed by atoms with Crippen LogP contribution in [0.1, 0.15) is 53.7 Å². The molecule has 226 valence electrons. The zero-order chi connectivity index (χ0) is 31.0. The molecule has 1 saturated heterocycles. The number of rotatable bonds is 7. The number of fused-ring (bicyclic) bond motifs is 1. The van der Waals surface area contributed by atoms with Gasteiger partial charge in [0, 0.05) is 18.1 Å². The van der Waals surface area contributed by atoms with Crippen molar-refractivity contribution in [1.82, 2.24) is 20.4 Å². The molecule has 0 bridgehead atoms. The minimum absolute atomic E-state index is 0.0191. The Morgan fingerprint density at radius 2 is 1.81 bits per heavy atom. The molecule has 1 aliphatic rings. The van der Waals surface area contributed by atoms with Gasteiger partial charge < -0.3 is 34.1 Å². The number of pyridine rings is 1. The highest BCUT2D eigenvalue weighted by Crippen LogP contribution is 2.37. The average molecular weight is 583 g/mol. The smallest absolute Gasteiger partial charge is 0.408 e. The zero-order valence-electron chi connectivity index (χ0n) is 25.2. The monoisotopic (exact) mass is 582 g/mol. The Morgan fingerprint density at radius 1 is 1.12 bits per heavy atom. The average Bonchev–Trinajstić information content (AvgIpc) is 3.49. The molecule has 4 rings (SSSR count). The molecule has 3 atom stereocenters. The number of likely N-dealkylation sites (tertiary alicyclic amines) is 1. The number of methoxy groups -OCH3 is 1. The fourth-order valence-corrected chi connectivity index (χ4v) is 4.86. The minimum Gasteiger partial charge on any atom is -0.496 e. The highest BCUT2D eigenvalue weighted by Gasteiger charge is 2.46. The lowest BCUT2D eigenvalue weighted by atomic mass is 9.85. The molecular weight excluding hydrogens is 544 g/mol. The molecule has 0 saturated carbocycles. The van der Waals surface area contributed by atoms with Gasteiger partial charge in [0.05, 0.1) is 19.3 Å². The largest absolute Gasteiger partial charge is 0.496 e. The van der Waals surface area contributed by atoms with Gasteiger partial charge in [-0.25, -0.2) is 14.6 Å². The van der Waals surface area contributed by atoms with Crippen LogP contribution in [0.25, 0.3) is 22.4 Å². The predicted molar refractivity (Wildman–Crippen MR) is 153 cm³/mol. The summed E-state index contributed by atoms with van der Waals surface area (Å²) in [5, 5.41) is 16.7. The number of carbonyl (C=O) groups excluding carboxylic acids is 2. The van der Waals surface area contributed by atoms with Gasteiger partial charge in [0.15, 0.2) is 5.75 Å². The lowest BCUT2D eigenvalue weighted by molar-refractivity contribution is -0.150. The summed E-state index contributed by atoms with van der Waals surface area (Å²) in [6.45, 7) is 12.2. The number of benzene rings is 1. The Kier molecular flexibility index (Phi) is 8.38. The number of aryl methyl sites for hydroxylation is 1. The quantitative estimate of drug-likeness (QED) is 0.405. The zero-order valence-corrected chi connectivity index (χ0v) is 25.2. The number of hydrogen-bond acceptors (Lipinski definition) is 9. The molecule has 0 spiro atoms. The third-order valence-electron chi connectivity index (χ3n) is 6.84. The van der Waals surface area contributed by atoms with Gasteiger partial charge in [-0.2, -0.15) is 0 Å². The van der Waals surface area contributed by atoms with E-state index in [1.807, 2.05) is 24.3 Å². The fourth-order valence-electron chi connectivity index (χ4n) is 4.86. The third kappa shape index (κ3) is 6.58. The van der Waals surface area contributed by atoms with Gasteiger partial charge in [0.1, 0.15) is 40.7 Å². The summed E-state index contributed by atoms with van der Waals surface area (Å²) in [5.41, 5.74) is 1.11. The summed E-state index contributed by atoms with van der Waals surface area (Å²) in [6.07, 6.45) is -1.44. The van der Waals surface area contributed by atoms with Gasteiger partial charge in [0.2, 0.25) is 11.5 Å². The normalized spacial score (nSPS) is 18.0. The molecule has 2 N–H and O–H groups in total. The van der Waals surface area contributed by atoms with Crippen LogP contribution in [0.15, 0.2) is 34.9 Å². The number of ether oxygens (including phenoxy) is 3. The van der Waals surface area contributed by atoms with E-state index in [2.05, 4.69) is 10.5 Å². The molecule has 1 aromatic carbocycles. The SMILES string of the molecule is COc1ccccc1-c1cc(OC2CC(C(=O)O)N(C(=O)C(NC(=O)OC(C)(C)C)C(C)(C)C)C2)c2onc(C)c2n1. The summed E-state index contributed by atoms with van der Waals surface area (Å²) in [5.74, 6) is -0.802. The number of carbonyl (C=O) groups is 3. The van der Waals surface area contributed by atoms with E-state index in [0.717, 1.165) is 5.56 Å². The number of aromatic nitrogens is 2. The predicted octanol–water partition coefficient (Wildman–Crippen LogP) is 4.58. The van der Waals surface area contributed by atoms with Gasteiger partial charge in [-0.1, -0.05) is 38.1 Å². The first-order valence-electron chi connectivity index (χ1n) is 13.7. The van der Waals surface area contributed by atoms with Crippen LogP contribution < -0.4 is 14.8 Å². The van der Waals surface area contributed by atoms with Crippen LogP contribution in [0.4, 0.5) is 4.79 Å². The second-order valence-corrected chi connectivity index (χ2v) is 12.4. The van der Waals surface area contributed by atoms with Crippen molar-refractivity contribution in [2.45, 2.75) is 78.7 Å². The molecule has 2 amide bonds. The van der Waals surface area contributed by atoms with Crippen LogP contribution in [0, 0.1) is 12.3 Å². The van der Waals surface area contributed by atoms with E-state index in [9.17, 15) is 19.5 Å². The molecule has 3 unspecified atom stereocenters. The number of hydrogen-bond donors (Lipinski definition) is 2. The number of carboxylic acid groups (broad SMARTS) is 1. The highest BCUT2D eigenvalue weighted by molar-refractivity contribution is 5.91. The molecular formula is C30H38N4O8. The van der Waals surface area contributed by atoms with Crippen molar-refractivity contribution in [3.05, 3.63) is 36.0 Å². The molecule has 0 radical (unpaired) electrons. The first-order valence-corrected chi connectivity index (χ1v) is 13.7. The van der Waals surface area contributed by atoms with Crippen LogP contribution in [-0.2, 0) is 14.3 Å². The van der Waals surface area contributed by atoms with Crippen molar-refractivity contribution in [2.24, 2.45) is 5.41 Å². The number of nitrogens with one attached hydrogen (secondary N) is 1. The molecule has 2 aromatic heterocycles. The van der Waals surface area contributed by atoms with Gasteiger partial charge in [-0.3, -0.25) is 4.79 Å². The van der Waals surface area contributed by atoms with Crippen molar-refractivity contribution in [3.8, 4) is 22.8 Å².